The van der Waals surface area contributed by atoms with Gasteiger partial charge in [-0.05, 0) is 26.3 Å². The van der Waals surface area contributed by atoms with E-state index in [0.29, 0.717) is 0 Å². The van der Waals surface area contributed by atoms with Gasteiger partial charge in [-0.1, -0.05) is 11.9 Å². The summed E-state index contributed by atoms with van der Waals surface area (Å²) in [6.45, 7) is 4.63. The van der Waals surface area contributed by atoms with Crippen LogP contribution < -0.4 is 15.4 Å². The van der Waals surface area contributed by atoms with E-state index in [9.17, 15) is 5.11 Å². The fourth-order valence-corrected chi connectivity index (χ4v) is 3.36. The largest absolute Gasteiger partial charge is 0.387 e. The van der Waals surface area contributed by atoms with E-state index >= 15 is 0 Å². The van der Waals surface area contributed by atoms with Gasteiger partial charge in [-0.3, -0.25) is 5.14 Å². The van der Waals surface area contributed by atoms with Crippen LogP contribution in [0, 0.1) is 0 Å². The molecule has 2 heterocycles. The number of piperazine rings is 1. The van der Waals surface area contributed by atoms with E-state index in [1.54, 1.807) is 0 Å². The third-order valence-corrected chi connectivity index (χ3v) is 4.99. The molecule has 23 heavy (non-hydrogen) atoms. The second kappa shape index (κ2) is 7.65. The highest BCUT2D eigenvalue weighted by atomic mass is 32.2. The smallest absolute Gasteiger partial charge is 0.227 e. The normalized spacial score (nSPS) is 22.0. The summed E-state index contributed by atoms with van der Waals surface area (Å²) in [4.78, 5) is 14.0. The molecule has 0 bridgehead atoms. The summed E-state index contributed by atoms with van der Waals surface area (Å²) < 4.78 is 0. The van der Waals surface area contributed by atoms with E-state index in [4.69, 9.17) is 15.1 Å². The number of hydrogen-bond acceptors (Lipinski definition) is 8. The topological polar surface area (TPSA) is 90.5 Å². The van der Waals surface area contributed by atoms with Gasteiger partial charge < -0.3 is 20.2 Å². The Morgan fingerprint density at radius 3 is 2.83 bits per heavy atom. The Balaban J connectivity index is 1.87. The first kappa shape index (κ1) is 16.8. The Hall–Kier alpha value is -1.09. The maximum atomic E-state index is 10.4. The monoisotopic (exact) mass is 338 g/mol. The number of hydrogen-bond donors (Lipinski definition) is 3. The van der Waals surface area contributed by atoms with Crippen molar-refractivity contribution in [2.75, 3.05) is 55.7 Å². The van der Waals surface area contributed by atoms with E-state index in [1.165, 1.54) is 11.9 Å². The molecule has 1 aromatic heterocycles. The SMILES string of the molecule is CN1CCN(c2nc(NCCSN)c3c(n2)C(O)CCC3)CC1. The average Bonchev–Trinajstić information content (AvgIpc) is 2.56. The number of anilines is 2. The molecule has 8 heteroatoms. The predicted octanol–water partition coefficient (Wildman–Crippen LogP) is 0.617. The molecule has 1 fully saturated rings. The van der Waals surface area contributed by atoms with Crippen molar-refractivity contribution in [3.05, 3.63) is 11.3 Å². The minimum Gasteiger partial charge on any atom is -0.387 e. The number of aliphatic hydroxyl groups is 1. The lowest BCUT2D eigenvalue weighted by molar-refractivity contribution is 0.151. The Morgan fingerprint density at radius 2 is 2.09 bits per heavy atom. The highest BCUT2D eigenvalue weighted by Crippen LogP contribution is 2.33. The average molecular weight is 338 g/mol. The van der Waals surface area contributed by atoms with Crippen LogP contribution >= 0.6 is 11.9 Å². The van der Waals surface area contributed by atoms with Crippen molar-refractivity contribution in [1.82, 2.24) is 14.9 Å². The maximum absolute atomic E-state index is 10.4. The Kier molecular flexibility index (Phi) is 5.58. The van der Waals surface area contributed by atoms with E-state index < -0.39 is 6.10 Å². The van der Waals surface area contributed by atoms with Crippen molar-refractivity contribution in [1.29, 1.82) is 0 Å². The molecule has 7 nitrogen and oxygen atoms in total. The molecule has 0 amide bonds. The molecular weight excluding hydrogens is 312 g/mol. The van der Waals surface area contributed by atoms with Crippen molar-refractivity contribution in [2.45, 2.75) is 25.4 Å². The van der Waals surface area contributed by atoms with Gasteiger partial charge >= 0.3 is 0 Å². The molecule has 128 valence electrons. The lowest BCUT2D eigenvalue weighted by Crippen LogP contribution is -2.45. The van der Waals surface area contributed by atoms with E-state index in [-0.39, 0.29) is 0 Å². The highest BCUT2D eigenvalue weighted by molar-refractivity contribution is 7.97. The number of nitrogens with two attached hydrogens (primary N) is 1. The molecule has 0 radical (unpaired) electrons. The number of fused-ring (bicyclic) bond motifs is 1. The van der Waals surface area contributed by atoms with Crippen LogP contribution in [0.3, 0.4) is 0 Å². The van der Waals surface area contributed by atoms with Crippen molar-refractivity contribution < 1.29 is 5.11 Å². The fraction of sp³-hybridized carbons (Fsp3) is 0.733. The van der Waals surface area contributed by atoms with Gasteiger partial charge in [-0.15, -0.1) is 0 Å². The van der Waals surface area contributed by atoms with Crippen LogP contribution in [0.1, 0.15) is 30.2 Å². The highest BCUT2D eigenvalue weighted by Gasteiger charge is 2.26. The zero-order valence-electron chi connectivity index (χ0n) is 13.7. The summed E-state index contributed by atoms with van der Waals surface area (Å²) in [5.41, 5.74) is 1.88. The van der Waals surface area contributed by atoms with Gasteiger partial charge in [0.15, 0.2) is 0 Å². The first-order valence-corrected chi connectivity index (χ1v) is 9.32. The van der Waals surface area contributed by atoms with Gasteiger partial charge in [-0.25, -0.2) is 4.98 Å². The van der Waals surface area contributed by atoms with Gasteiger partial charge in [0.2, 0.25) is 5.95 Å². The zero-order chi connectivity index (χ0) is 16.2. The Morgan fingerprint density at radius 1 is 1.30 bits per heavy atom. The van der Waals surface area contributed by atoms with Gasteiger partial charge in [0.1, 0.15) is 5.82 Å². The first-order chi connectivity index (χ1) is 11.2. The number of aromatic nitrogens is 2. The second-order valence-corrected chi connectivity index (χ2v) is 6.97. The minimum atomic E-state index is -0.475. The number of rotatable bonds is 5. The molecule has 0 saturated carbocycles. The molecule has 1 aromatic rings. The van der Waals surface area contributed by atoms with Gasteiger partial charge in [0.25, 0.3) is 0 Å². The molecule has 1 atom stereocenters. The number of nitrogens with one attached hydrogen (secondary N) is 1. The predicted molar refractivity (Wildman–Crippen MR) is 94.8 cm³/mol. The lowest BCUT2D eigenvalue weighted by atomic mass is 9.94. The van der Waals surface area contributed by atoms with Gasteiger partial charge in [-0.2, -0.15) is 4.98 Å². The van der Waals surface area contributed by atoms with Crippen molar-refractivity contribution >= 4 is 23.7 Å². The van der Waals surface area contributed by atoms with Crippen molar-refractivity contribution in [3.63, 3.8) is 0 Å². The number of aliphatic hydroxyl groups excluding tert-OH is 1. The number of likely N-dealkylation sites (N-methyl/N-ethyl adjacent to an activating group) is 1. The molecule has 1 saturated heterocycles. The van der Waals surface area contributed by atoms with Gasteiger partial charge in [0.05, 0.1) is 11.8 Å². The first-order valence-electron chi connectivity index (χ1n) is 8.27. The summed E-state index contributed by atoms with van der Waals surface area (Å²) in [6, 6.07) is 0. The molecular formula is C15H26N6OS. The second-order valence-electron chi connectivity index (χ2n) is 6.23. The van der Waals surface area contributed by atoms with Crippen molar-refractivity contribution in [2.24, 2.45) is 5.14 Å². The summed E-state index contributed by atoms with van der Waals surface area (Å²) >= 11 is 1.32. The Bertz CT molecular complexity index is 535. The van der Waals surface area contributed by atoms with E-state index in [0.717, 1.165) is 80.8 Å². The summed E-state index contributed by atoms with van der Waals surface area (Å²) in [5.74, 6) is 2.43. The molecule has 4 N–H and O–H groups in total. The number of nitrogens with zero attached hydrogens (tertiary/aromatic N) is 4. The van der Waals surface area contributed by atoms with E-state index in [1.807, 2.05) is 0 Å². The summed E-state index contributed by atoms with van der Waals surface area (Å²) in [6.07, 6.45) is 2.21. The third kappa shape index (κ3) is 3.88. The maximum Gasteiger partial charge on any atom is 0.227 e. The Labute approximate surface area is 141 Å². The summed E-state index contributed by atoms with van der Waals surface area (Å²) in [7, 11) is 2.13. The van der Waals surface area contributed by atoms with Crippen LogP contribution in [-0.4, -0.2) is 65.5 Å². The van der Waals surface area contributed by atoms with Crippen LogP contribution in [0.2, 0.25) is 0 Å². The molecule has 1 aliphatic heterocycles. The van der Waals surface area contributed by atoms with E-state index in [2.05, 4.69) is 22.2 Å². The summed E-state index contributed by atoms with van der Waals surface area (Å²) in [5, 5.41) is 19.2. The quantitative estimate of drug-likeness (QED) is 0.532. The van der Waals surface area contributed by atoms with Crippen LogP contribution in [0.4, 0.5) is 11.8 Å². The van der Waals surface area contributed by atoms with Crippen LogP contribution in [0.5, 0.6) is 0 Å². The fourth-order valence-electron chi connectivity index (χ4n) is 3.14. The van der Waals surface area contributed by atoms with Crippen LogP contribution in [0.15, 0.2) is 0 Å². The van der Waals surface area contributed by atoms with Crippen LogP contribution in [0.25, 0.3) is 0 Å². The van der Waals surface area contributed by atoms with Crippen LogP contribution in [-0.2, 0) is 6.42 Å². The minimum absolute atomic E-state index is 0.475. The molecule has 1 unspecified atom stereocenters. The molecule has 3 rings (SSSR count). The zero-order valence-corrected chi connectivity index (χ0v) is 14.5. The molecule has 2 aliphatic rings. The third-order valence-electron chi connectivity index (χ3n) is 4.55. The molecule has 1 aliphatic carbocycles. The lowest BCUT2D eigenvalue weighted by Gasteiger charge is -2.33. The molecule has 0 spiro atoms. The molecule has 0 aromatic carbocycles. The standard InChI is InChI=1S/C15H26N6OS/c1-20-6-8-21(9-7-20)15-18-13-11(3-2-4-12(13)22)14(19-15)17-5-10-23-16/h12,22H,2-10,16H2,1H3,(H,17,18,19). The van der Waals surface area contributed by atoms with Crippen molar-refractivity contribution in [3.8, 4) is 0 Å². The van der Waals surface area contributed by atoms with Gasteiger partial charge in [0, 0.05) is 44.0 Å².